The van der Waals surface area contributed by atoms with E-state index in [9.17, 15) is 0 Å². The van der Waals surface area contributed by atoms with Crippen LogP contribution in [0.1, 0.15) is 79.0 Å². The van der Waals surface area contributed by atoms with Crippen molar-refractivity contribution in [2.24, 2.45) is 0 Å². The first-order valence-corrected chi connectivity index (χ1v) is 11.1. The maximum absolute atomic E-state index is 2.36. The molecule has 0 amide bonds. The summed E-state index contributed by atoms with van der Waals surface area (Å²) in [6, 6.07) is 25.3. The number of rotatable bonds is 2. The van der Waals surface area contributed by atoms with Crippen LogP contribution >= 0.6 is 0 Å². The van der Waals surface area contributed by atoms with Gasteiger partial charge in [-0.25, -0.2) is 0 Å². The van der Waals surface area contributed by atoms with Crippen LogP contribution in [0.3, 0.4) is 0 Å². The largest absolute Gasteiger partial charge is 0.0579 e. The summed E-state index contributed by atoms with van der Waals surface area (Å²) in [6.45, 7) is 20.5. The number of benzene rings is 3. The second kappa shape index (κ2) is 7.73. The monoisotopic (exact) mass is 398 g/mol. The Kier molecular flexibility index (Phi) is 5.76. The van der Waals surface area contributed by atoms with E-state index < -0.39 is 0 Å². The summed E-state index contributed by atoms with van der Waals surface area (Å²) >= 11 is 0. The Morgan fingerprint density at radius 1 is 0.333 bits per heavy atom. The number of hydrogen-bond acceptors (Lipinski definition) is 0. The van der Waals surface area contributed by atoms with Crippen molar-refractivity contribution in [2.75, 3.05) is 0 Å². The van der Waals surface area contributed by atoms with Gasteiger partial charge in [0.2, 0.25) is 0 Å². The highest BCUT2D eigenvalue weighted by Gasteiger charge is 2.18. The summed E-state index contributed by atoms with van der Waals surface area (Å²) in [5.41, 5.74) is 9.69. The van der Waals surface area contributed by atoms with E-state index in [1.807, 2.05) is 0 Å². The van der Waals surface area contributed by atoms with Crippen molar-refractivity contribution >= 4 is 0 Å². The lowest BCUT2D eigenvalue weighted by Crippen LogP contribution is -2.12. The molecule has 0 atom stereocenters. The maximum Gasteiger partial charge on any atom is -0.0131 e. The zero-order chi connectivity index (χ0) is 22.3. The summed E-state index contributed by atoms with van der Waals surface area (Å²) in [7, 11) is 0. The highest BCUT2D eigenvalue weighted by molar-refractivity contribution is 5.75. The summed E-state index contributed by atoms with van der Waals surface area (Å²) in [5.74, 6) is 0. The minimum Gasteiger partial charge on any atom is -0.0579 e. The van der Waals surface area contributed by atoms with Gasteiger partial charge in [0.15, 0.2) is 0 Å². The summed E-state index contributed by atoms with van der Waals surface area (Å²) < 4.78 is 0. The first-order valence-electron chi connectivity index (χ1n) is 11.1. The molecule has 0 saturated heterocycles. The Balaban J connectivity index is 2.09. The van der Waals surface area contributed by atoms with Crippen molar-refractivity contribution in [1.29, 1.82) is 0 Å². The molecule has 0 saturated carbocycles. The summed E-state index contributed by atoms with van der Waals surface area (Å²) in [6.07, 6.45) is 0. The molecular weight excluding hydrogens is 360 g/mol. The number of hydrogen-bond donors (Lipinski definition) is 0. The van der Waals surface area contributed by atoms with Crippen LogP contribution in [0.5, 0.6) is 0 Å². The van der Waals surface area contributed by atoms with Crippen molar-refractivity contribution < 1.29 is 0 Å². The van der Waals surface area contributed by atoms with E-state index >= 15 is 0 Å². The third kappa shape index (κ3) is 5.04. The molecule has 158 valence electrons. The third-order valence-corrected chi connectivity index (χ3v) is 5.97. The van der Waals surface area contributed by atoms with Gasteiger partial charge in [-0.2, -0.15) is 0 Å². The Morgan fingerprint density at radius 2 is 0.633 bits per heavy atom. The molecule has 0 aliphatic rings. The fourth-order valence-electron chi connectivity index (χ4n) is 3.72. The molecular formula is C30H38. The van der Waals surface area contributed by atoms with Crippen molar-refractivity contribution in [3.05, 3.63) is 83.4 Å². The molecule has 0 heterocycles. The van der Waals surface area contributed by atoms with Crippen LogP contribution in [0, 0.1) is 0 Å². The maximum atomic E-state index is 2.36. The van der Waals surface area contributed by atoms with Gasteiger partial charge < -0.3 is 0 Å². The molecule has 3 rings (SSSR count). The Bertz CT molecular complexity index is 920. The van der Waals surface area contributed by atoms with Crippen LogP contribution in [-0.2, 0) is 16.2 Å². The molecule has 0 heteroatoms. The SMILES string of the molecule is CC(C)(C)c1ccc(-c2cc(-c3ccc(C(C)(C)C)cc3)cc(C(C)(C)C)c2)cc1. The van der Waals surface area contributed by atoms with Crippen molar-refractivity contribution in [2.45, 2.75) is 78.6 Å². The Hall–Kier alpha value is -2.34. The van der Waals surface area contributed by atoms with E-state index in [2.05, 4.69) is 129 Å². The van der Waals surface area contributed by atoms with Crippen LogP contribution in [0.15, 0.2) is 66.7 Å². The molecule has 3 aromatic carbocycles. The van der Waals surface area contributed by atoms with Crippen LogP contribution < -0.4 is 0 Å². The topological polar surface area (TPSA) is 0 Å². The molecule has 0 unspecified atom stereocenters. The van der Waals surface area contributed by atoms with Gasteiger partial charge in [-0.1, -0.05) is 123 Å². The zero-order valence-corrected chi connectivity index (χ0v) is 20.4. The standard InChI is InChI=1S/C30H38/c1-28(2,3)25-14-10-21(11-15-25)23-18-24(20-27(19-23)30(7,8)9)22-12-16-26(17-13-22)29(4,5)6/h10-20H,1-9H3. The Labute approximate surface area is 184 Å². The fraction of sp³-hybridized carbons (Fsp3) is 0.400. The van der Waals surface area contributed by atoms with Crippen molar-refractivity contribution in [3.8, 4) is 22.3 Å². The van der Waals surface area contributed by atoms with Crippen LogP contribution in [0.25, 0.3) is 22.3 Å². The van der Waals surface area contributed by atoms with Gasteiger partial charge in [0.25, 0.3) is 0 Å². The first-order chi connectivity index (χ1) is 13.7. The molecule has 0 bridgehead atoms. The molecule has 30 heavy (non-hydrogen) atoms. The molecule has 0 N–H and O–H groups in total. The lowest BCUT2D eigenvalue weighted by Gasteiger charge is -2.23. The predicted molar refractivity (Wildman–Crippen MR) is 133 cm³/mol. The van der Waals surface area contributed by atoms with Gasteiger partial charge in [0.05, 0.1) is 0 Å². The lowest BCUT2D eigenvalue weighted by molar-refractivity contribution is 0.590. The molecule has 3 aromatic rings. The van der Waals surface area contributed by atoms with E-state index in [0.717, 1.165) is 0 Å². The van der Waals surface area contributed by atoms with Crippen LogP contribution in [-0.4, -0.2) is 0 Å². The third-order valence-electron chi connectivity index (χ3n) is 5.97. The van der Waals surface area contributed by atoms with Gasteiger partial charge in [-0.05, 0) is 61.3 Å². The fourth-order valence-corrected chi connectivity index (χ4v) is 3.72. The molecule has 0 radical (unpaired) electrons. The Morgan fingerprint density at radius 3 is 0.900 bits per heavy atom. The second-order valence-electron chi connectivity index (χ2n) is 11.7. The summed E-state index contributed by atoms with van der Waals surface area (Å²) in [4.78, 5) is 0. The molecule has 0 spiro atoms. The van der Waals surface area contributed by atoms with Gasteiger partial charge in [-0.15, -0.1) is 0 Å². The van der Waals surface area contributed by atoms with Crippen LogP contribution in [0.2, 0.25) is 0 Å². The molecule has 0 aliphatic heterocycles. The molecule has 0 nitrogen and oxygen atoms in total. The molecule has 0 aromatic heterocycles. The van der Waals surface area contributed by atoms with Gasteiger partial charge in [0, 0.05) is 0 Å². The summed E-state index contributed by atoms with van der Waals surface area (Å²) in [5, 5.41) is 0. The van der Waals surface area contributed by atoms with Gasteiger partial charge in [-0.3, -0.25) is 0 Å². The normalized spacial score (nSPS) is 12.8. The molecule has 0 fully saturated rings. The highest BCUT2D eigenvalue weighted by atomic mass is 14.2. The lowest BCUT2D eigenvalue weighted by atomic mass is 9.82. The van der Waals surface area contributed by atoms with E-state index in [1.165, 1.54) is 38.9 Å². The minimum absolute atomic E-state index is 0.0987. The quantitative estimate of drug-likeness (QED) is 0.404. The van der Waals surface area contributed by atoms with Gasteiger partial charge >= 0.3 is 0 Å². The average molecular weight is 399 g/mol. The van der Waals surface area contributed by atoms with Gasteiger partial charge in [0.1, 0.15) is 0 Å². The van der Waals surface area contributed by atoms with E-state index in [4.69, 9.17) is 0 Å². The second-order valence-corrected chi connectivity index (χ2v) is 11.7. The van der Waals surface area contributed by atoms with Crippen molar-refractivity contribution in [3.63, 3.8) is 0 Å². The predicted octanol–water partition coefficient (Wildman–Crippen LogP) is 8.91. The smallest absolute Gasteiger partial charge is 0.0131 e. The average Bonchev–Trinajstić information content (AvgIpc) is 2.66. The van der Waals surface area contributed by atoms with E-state index in [0.29, 0.717) is 0 Å². The van der Waals surface area contributed by atoms with Crippen molar-refractivity contribution in [1.82, 2.24) is 0 Å². The zero-order valence-electron chi connectivity index (χ0n) is 20.4. The van der Waals surface area contributed by atoms with E-state index in [-0.39, 0.29) is 16.2 Å². The van der Waals surface area contributed by atoms with E-state index in [1.54, 1.807) is 0 Å². The highest BCUT2D eigenvalue weighted by Crippen LogP contribution is 2.35. The van der Waals surface area contributed by atoms with Crippen LogP contribution in [0.4, 0.5) is 0 Å². The molecule has 0 aliphatic carbocycles. The minimum atomic E-state index is 0.0987. The first kappa shape index (κ1) is 22.3.